The summed E-state index contributed by atoms with van der Waals surface area (Å²) in [6.45, 7) is 5.87. The van der Waals surface area contributed by atoms with E-state index in [0.29, 0.717) is 0 Å². The smallest absolute Gasteiger partial charge is 0.280 e. The van der Waals surface area contributed by atoms with Gasteiger partial charge in [-0.25, -0.2) is 0 Å². The highest BCUT2D eigenvalue weighted by Crippen LogP contribution is 2.00. The van der Waals surface area contributed by atoms with Crippen molar-refractivity contribution in [1.29, 1.82) is 0 Å². The van der Waals surface area contributed by atoms with Gasteiger partial charge in [-0.1, -0.05) is 26.2 Å². The van der Waals surface area contributed by atoms with E-state index < -0.39 is 0 Å². The zero-order valence-corrected chi connectivity index (χ0v) is 13.0. The van der Waals surface area contributed by atoms with Crippen LogP contribution in [-0.4, -0.2) is 16.0 Å². The van der Waals surface area contributed by atoms with Crippen LogP contribution in [0.5, 0.6) is 0 Å². The minimum atomic E-state index is 0.0417. The molecule has 0 atom stereocenters. The van der Waals surface area contributed by atoms with Crippen molar-refractivity contribution in [2.45, 2.75) is 45.4 Å². The molecule has 0 rings (SSSR count). The normalized spacial score (nSPS) is 7.38. The van der Waals surface area contributed by atoms with Crippen LogP contribution >= 0.6 is 25.8 Å². The van der Waals surface area contributed by atoms with Gasteiger partial charge in [0.25, 0.3) is 0 Å². The Morgan fingerprint density at radius 2 is 1.77 bits per heavy atom. The summed E-state index contributed by atoms with van der Waals surface area (Å²) in [6.07, 6.45) is 7.08. The molecule has 0 aromatic rings. The van der Waals surface area contributed by atoms with Crippen molar-refractivity contribution in [2.24, 2.45) is 0 Å². The van der Waals surface area contributed by atoms with E-state index in [1.165, 1.54) is 25.7 Å². The van der Waals surface area contributed by atoms with Crippen molar-refractivity contribution in [3.8, 4) is 11.8 Å². The average Bonchev–Trinajstić information content (AvgIpc) is 2.13. The van der Waals surface area contributed by atoms with Gasteiger partial charge in [0.1, 0.15) is 0 Å². The van der Waals surface area contributed by atoms with E-state index in [2.05, 4.69) is 51.5 Å². The molecular formula is C10H17Br2Mg. The van der Waals surface area contributed by atoms with Gasteiger partial charge in [-0.3, -0.25) is 25.8 Å². The summed E-state index contributed by atoms with van der Waals surface area (Å²) in [6, 6.07) is 0. The van der Waals surface area contributed by atoms with Gasteiger partial charge in [-0.15, -0.1) is 11.8 Å². The summed E-state index contributed by atoms with van der Waals surface area (Å²) in [7, 11) is 0. The first-order valence-electron chi connectivity index (χ1n) is 4.70. The maximum atomic E-state index is 3.65. The Balaban J connectivity index is 0. The third-order valence-corrected chi connectivity index (χ3v) is 1.41. The molecule has 0 bridgehead atoms. The highest BCUT2D eigenvalue weighted by atomic mass is 79.9. The van der Waals surface area contributed by atoms with Gasteiger partial charge in [0.05, 0.1) is 0 Å². The third-order valence-electron chi connectivity index (χ3n) is 1.41. The molecule has 0 nitrogen and oxygen atoms in total. The average molecular weight is 321 g/mol. The molecule has 0 aromatic carbocycles. The Bertz CT molecular complexity index is 127. The minimum absolute atomic E-state index is 0.0417. The molecule has 13 heavy (non-hydrogen) atoms. The number of rotatable bonds is 4. The molecule has 0 unspecified atom stereocenters. The molecule has 0 aliphatic rings. The van der Waals surface area contributed by atoms with Crippen LogP contribution in [-0.2, 0) is 0 Å². The zero-order chi connectivity index (χ0) is 10.4. The zero-order valence-electron chi connectivity index (χ0n) is 8.41. The number of hydrogen-bond acceptors (Lipinski definition) is 0. The van der Waals surface area contributed by atoms with E-state index in [4.69, 9.17) is 0 Å². The molecule has 0 aliphatic heterocycles. The molecule has 0 aromatic heterocycles. The third kappa shape index (κ3) is 24.6. The van der Waals surface area contributed by atoms with E-state index >= 15 is 0 Å². The topological polar surface area (TPSA) is 0 Å². The monoisotopic (exact) mass is 319 g/mol. The van der Waals surface area contributed by atoms with Crippen LogP contribution in [0.15, 0.2) is 0 Å². The number of unbranched alkanes of at least 4 members (excludes halogenated alkanes) is 4. The van der Waals surface area contributed by atoms with Gasteiger partial charge >= 0.3 is 16.0 Å². The van der Waals surface area contributed by atoms with E-state index in [0.717, 1.165) is 12.8 Å². The molecule has 1 radical (unpaired) electrons. The fourth-order valence-electron chi connectivity index (χ4n) is 0.817. The Kier molecular flexibility index (Phi) is 24.4. The van der Waals surface area contributed by atoms with Gasteiger partial charge in [-0.05, 0) is 13.3 Å². The summed E-state index contributed by atoms with van der Waals surface area (Å²) < 4.78 is 0. The van der Waals surface area contributed by atoms with Crippen LogP contribution in [0, 0.1) is 18.8 Å². The predicted octanol–water partition coefficient (Wildman–Crippen LogP) is 4.49. The fourth-order valence-corrected chi connectivity index (χ4v) is 0.817. The lowest BCUT2D eigenvalue weighted by Gasteiger charge is -1.91. The predicted molar refractivity (Wildman–Crippen MR) is 70.1 cm³/mol. The van der Waals surface area contributed by atoms with Crippen molar-refractivity contribution in [3.05, 3.63) is 6.92 Å². The SMILES string of the molecule is [Br][Mg][Br].[CH2]CC#CCCCCCC. The molecule has 0 fully saturated rings. The summed E-state index contributed by atoms with van der Waals surface area (Å²) >= 11 is 6.44. The van der Waals surface area contributed by atoms with Crippen molar-refractivity contribution < 1.29 is 0 Å². The Hall–Kier alpha value is 1.29. The molecule has 0 heterocycles. The Labute approximate surface area is 105 Å². The summed E-state index contributed by atoms with van der Waals surface area (Å²) in [4.78, 5) is 0. The Morgan fingerprint density at radius 1 is 1.15 bits per heavy atom. The van der Waals surface area contributed by atoms with Crippen molar-refractivity contribution in [2.75, 3.05) is 0 Å². The fraction of sp³-hybridized carbons (Fsp3) is 0.700. The van der Waals surface area contributed by atoms with Crippen LogP contribution in [0.4, 0.5) is 0 Å². The largest absolute Gasteiger partial charge is 0.560 e. The summed E-state index contributed by atoms with van der Waals surface area (Å²) in [5.41, 5.74) is 0. The second-order valence-electron chi connectivity index (χ2n) is 2.52. The maximum Gasteiger partial charge on any atom is 0.560 e. The second-order valence-corrected chi connectivity index (χ2v) is 10.6. The van der Waals surface area contributed by atoms with Crippen LogP contribution in [0.25, 0.3) is 0 Å². The first-order valence-corrected chi connectivity index (χ1v) is 12.5. The standard InChI is InChI=1S/C10H17.2BrH.Mg/c1-3-5-7-9-10-8-6-4-2;;;/h1,3-4,6,8-10H2,2H3;2*1H;/q;;;+2/p-2. The van der Waals surface area contributed by atoms with E-state index in [9.17, 15) is 0 Å². The molecular weight excluding hydrogens is 304 g/mol. The lowest BCUT2D eigenvalue weighted by atomic mass is 10.1. The molecule has 0 saturated heterocycles. The molecule has 0 aliphatic carbocycles. The first-order chi connectivity index (χ1) is 6.33. The van der Waals surface area contributed by atoms with Gasteiger partial charge < -0.3 is 0 Å². The highest BCUT2D eigenvalue weighted by molar-refractivity contribution is 9.47. The molecule has 0 amide bonds. The summed E-state index contributed by atoms with van der Waals surface area (Å²) in [5, 5.41) is 0. The van der Waals surface area contributed by atoms with E-state index in [1.807, 2.05) is 0 Å². The highest BCUT2D eigenvalue weighted by Gasteiger charge is 1.82. The molecule has 73 valence electrons. The van der Waals surface area contributed by atoms with Gasteiger partial charge in [-0.2, -0.15) is 0 Å². The van der Waals surface area contributed by atoms with Crippen molar-refractivity contribution in [1.82, 2.24) is 0 Å². The molecule has 0 saturated carbocycles. The minimum Gasteiger partial charge on any atom is -0.280 e. The van der Waals surface area contributed by atoms with Crippen LogP contribution in [0.1, 0.15) is 45.4 Å². The Morgan fingerprint density at radius 3 is 2.23 bits per heavy atom. The lowest BCUT2D eigenvalue weighted by molar-refractivity contribution is 0.679. The van der Waals surface area contributed by atoms with Crippen LogP contribution in [0.3, 0.4) is 0 Å². The van der Waals surface area contributed by atoms with Crippen molar-refractivity contribution in [3.63, 3.8) is 0 Å². The summed E-state index contributed by atoms with van der Waals surface area (Å²) in [5.74, 6) is 6.05. The van der Waals surface area contributed by atoms with Crippen LogP contribution in [0.2, 0.25) is 0 Å². The first kappa shape index (κ1) is 16.7. The quantitative estimate of drug-likeness (QED) is 0.406. The second kappa shape index (κ2) is 19.0. The number of hydrogen-bond donors (Lipinski definition) is 0. The molecule has 3 heteroatoms. The maximum absolute atomic E-state index is 3.65. The van der Waals surface area contributed by atoms with Crippen LogP contribution < -0.4 is 0 Å². The van der Waals surface area contributed by atoms with Gasteiger partial charge in [0, 0.05) is 12.8 Å². The molecule has 0 spiro atoms. The van der Waals surface area contributed by atoms with E-state index in [-0.39, 0.29) is 16.0 Å². The number of halogens is 2. The molecule has 0 N–H and O–H groups in total. The van der Waals surface area contributed by atoms with Gasteiger partial charge in [0.15, 0.2) is 0 Å². The van der Waals surface area contributed by atoms with Crippen molar-refractivity contribution >= 4 is 41.8 Å². The van der Waals surface area contributed by atoms with E-state index in [1.54, 1.807) is 0 Å². The lowest BCUT2D eigenvalue weighted by Crippen LogP contribution is -1.73. The van der Waals surface area contributed by atoms with Gasteiger partial charge in [0.2, 0.25) is 0 Å².